The van der Waals surface area contributed by atoms with E-state index >= 15 is 0 Å². The molecule has 0 radical (unpaired) electrons. The van der Waals surface area contributed by atoms with Crippen LogP contribution in [0.2, 0.25) is 5.02 Å². The quantitative estimate of drug-likeness (QED) is 0.877. The van der Waals surface area contributed by atoms with Crippen molar-refractivity contribution in [3.8, 4) is 17.6 Å². The van der Waals surface area contributed by atoms with Crippen LogP contribution < -0.4 is 4.74 Å². The molecular formula is C15H11ClN2O2. The number of phenolic OH excluding ortho intramolecular Hbond substituents is 1. The number of allylic oxidation sites excluding steroid dienone is 1. The Kier molecular flexibility index (Phi) is 4.24. The summed E-state index contributed by atoms with van der Waals surface area (Å²) in [6, 6.07) is 10.6. The molecule has 0 amide bonds. The van der Waals surface area contributed by atoms with E-state index in [1.807, 2.05) is 0 Å². The second-order valence-electron chi connectivity index (χ2n) is 3.94. The normalized spacial score (nSPS) is 10.9. The van der Waals surface area contributed by atoms with Gasteiger partial charge < -0.3 is 9.84 Å². The molecular weight excluding hydrogens is 276 g/mol. The maximum absolute atomic E-state index is 9.68. The molecule has 1 heterocycles. The molecule has 0 unspecified atom stereocenters. The molecule has 2 rings (SSSR count). The lowest BCUT2D eigenvalue weighted by molar-refractivity contribution is 0.373. The molecule has 0 saturated carbocycles. The van der Waals surface area contributed by atoms with Crippen LogP contribution in [0.5, 0.6) is 11.5 Å². The van der Waals surface area contributed by atoms with Gasteiger partial charge in [-0.3, -0.25) is 4.98 Å². The average Bonchev–Trinajstić information content (AvgIpc) is 2.49. The van der Waals surface area contributed by atoms with Crippen molar-refractivity contribution in [2.24, 2.45) is 0 Å². The van der Waals surface area contributed by atoms with Gasteiger partial charge in [0.05, 0.1) is 23.4 Å². The molecule has 0 aliphatic carbocycles. The lowest BCUT2D eigenvalue weighted by Gasteiger charge is -2.06. The molecule has 1 aromatic heterocycles. The number of benzene rings is 1. The smallest absolute Gasteiger partial charge is 0.176 e. The molecule has 20 heavy (non-hydrogen) atoms. The monoisotopic (exact) mass is 286 g/mol. The lowest BCUT2D eigenvalue weighted by Crippen LogP contribution is -1.88. The maximum Gasteiger partial charge on any atom is 0.176 e. The average molecular weight is 287 g/mol. The molecule has 1 aromatic carbocycles. The van der Waals surface area contributed by atoms with Gasteiger partial charge >= 0.3 is 0 Å². The number of phenols is 1. The van der Waals surface area contributed by atoms with E-state index in [0.29, 0.717) is 16.8 Å². The highest BCUT2D eigenvalue weighted by molar-refractivity contribution is 6.32. The first-order chi connectivity index (χ1) is 9.65. The van der Waals surface area contributed by atoms with Crippen LogP contribution in [0.15, 0.2) is 36.5 Å². The predicted molar refractivity (Wildman–Crippen MR) is 77.4 cm³/mol. The summed E-state index contributed by atoms with van der Waals surface area (Å²) in [6.45, 7) is 0. The zero-order valence-electron chi connectivity index (χ0n) is 10.7. The second-order valence-corrected chi connectivity index (χ2v) is 4.35. The van der Waals surface area contributed by atoms with E-state index in [-0.39, 0.29) is 16.5 Å². The van der Waals surface area contributed by atoms with Gasteiger partial charge in [0.2, 0.25) is 0 Å². The summed E-state index contributed by atoms with van der Waals surface area (Å²) < 4.78 is 5.03. The number of ether oxygens (including phenoxy) is 1. The van der Waals surface area contributed by atoms with Gasteiger partial charge in [-0.15, -0.1) is 0 Å². The minimum Gasteiger partial charge on any atom is -0.503 e. The van der Waals surface area contributed by atoms with Gasteiger partial charge in [0.25, 0.3) is 0 Å². The molecule has 2 aromatic rings. The Balaban J connectivity index is 2.49. The molecule has 0 saturated heterocycles. The number of methoxy groups -OCH3 is 1. The zero-order chi connectivity index (χ0) is 14.5. The lowest BCUT2D eigenvalue weighted by atomic mass is 10.1. The molecule has 0 aliphatic heterocycles. The number of hydrogen-bond acceptors (Lipinski definition) is 4. The second kappa shape index (κ2) is 6.09. The summed E-state index contributed by atoms with van der Waals surface area (Å²) >= 11 is 5.91. The number of nitriles is 1. The SMILES string of the molecule is COc1cc(C=C(C#N)c2ccccn2)cc(Cl)c1O. The first-order valence-corrected chi connectivity index (χ1v) is 6.13. The maximum atomic E-state index is 9.68. The van der Waals surface area contributed by atoms with Crippen LogP contribution in [0.25, 0.3) is 11.6 Å². The Bertz CT molecular complexity index is 691. The number of pyridine rings is 1. The Hall–Kier alpha value is -2.51. The van der Waals surface area contributed by atoms with E-state index in [9.17, 15) is 10.4 Å². The van der Waals surface area contributed by atoms with Gasteiger partial charge in [-0.2, -0.15) is 5.26 Å². The van der Waals surface area contributed by atoms with Crippen LogP contribution in [0.4, 0.5) is 0 Å². The third-order valence-corrected chi connectivity index (χ3v) is 2.93. The Morgan fingerprint density at radius 3 is 2.85 bits per heavy atom. The van der Waals surface area contributed by atoms with Crippen LogP contribution >= 0.6 is 11.6 Å². The van der Waals surface area contributed by atoms with E-state index in [4.69, 9.17) is 16.3 Å². The van der Waals surface area contributed by atoms with Crippen molar-refractivity contribution in [1.82, 2.24) is 4.98 Å². The third-order valence-electron chi connectivity index (χ3n) is 2.64. The minimum atomic E-state index is -0.123. The summed E-state index contributed by atoms with van der Waals surface area (Å²) in [4.78, 5) is 4.12. The summed E-state index contributed by atoms with van der Waals surface area (Å²) in [5, 5.41) is 19.1. The number of aromatic hydroxyl groups is 1. The largest absolute Gasteiger partial charge is 0.503 e. The van der Waals surface area contributed by atoms with Gasteiger partial charge in [-0.25, -0.2) is 0 Å². The molecule has 1 N–H and O–H groups in total. The van der Waals surface area contributed by atoms with Crippen LogP contribution in [0.3, 0.4) is 0 Å². The fourth-order valence-corrected chi connectivity index (χ4v) is 1.90. The van der Waals surface area contributed by atoms with E-state index in [2.05, 4.69) is 11.1 Å². The van der Waals surface area contributed by atoms with Gasteiger partial charge in [0.15, 0.2) is 11.5 Å². The standard InChI is InChI=1S/C15H11ClN2O2/c1-20-14-8-10(7-12(16)15(14)19)6-11(9-17)13-4-2-3-5-18-13/h2-8,19H,1H3. The van der Waals surface area contributed by atoms with E-state index in [1.165, 1.54) is 7.11 Å². The van der Waals surface area contributed by atoms with Gasteiger partial charge in [0, 0.05) is 6.20 Å². The molecule has 0 atom stereocenters. The number of nitrogens with zero attached hydrogens (tertiary/aromatic N) is 2. The van der Waals surface area contributed by atoms with Crippen LogP contribution in [0.1, 0.15) is 11.3 Å². The first-order valence-electron chi connectivity index (χ1n) is 5.75. The van der Waals surface area contributed by atoms with Crippen LogP contribution in [-0.4, -0.2) is 17.2 Å². The van der Waals surface area contributed by atoms with Crippen molar-refractivity contribution in [3.05, 3.63) is 52.8 Å². The summed E-state index contributed by atoms with van der Waals surface area (Å²) in [5.41, 5.74) is 1.61. The highest BCUT2D eigenvalue weighted by Gasteiger charge is 2.09. The third kappa shape index (κ3) is 2.90. The molecule has 5 heteroatoms. The molecule has 0 fully saturated rings. The molecule has 100 valence electrons. The van der Waals surface area contributed by atoms with Crippen molar-refractivity contribution in [2.75, 3.05) is 7.11 Å². The summed E-state index contributed by atoms with van der Waals surface area (Å²) in [5.74, 6) is 0.129. The molecule has 0 aliphatic rings. The van der Waals surface area contributed by atoms with Crippen molar-refractivity contribution in [3.63, 3.8) is 0 Å². The minimum absolute atomic E-state index is 0.123. The zero-order valence-corrected chi connectivity index (χ0v) is 11.4. The summed E-state index contributed by atoms with van der Waals surface area (Å²) in [6.07, 6.45) is 3.25. The Labute approximate surface area is 121 Å². The van der Waals surface area contributed by atoms with Crippen molar-refractivity contribution < 1.29 is 9.84 Å². The predicted octanol–water partition coefficient (Wildman–Crippen LogP) is 3.51. The summed E-state index contributed by atoms with van der Waals surface area (Å²) in [7, 11) is 1.43. The number of hydrogen-bond donors (Lipinski definition) is 1. The number of aromatic nitrogens is 1. The van der Waals surface area contributed by atoms with Crippen molar-refractivity contribution >= 4 is 23.3 Å². The van der Waals surface area contributed by atoms with E-state index in [1.54, 1.807) is 42.6 Å². The number of halogens is 1. The van der Waals surface area contributed by atoms with E-state index in [0.717, 1.165) is 0 Å². The van der Waals surface area contributed by atoms with Crippen molar-refractivity contribution in [2.45, 2.75) is 0 Å². The number of rotatable bonds is 3. The van der Waals surface area contributed by atoms with Gasteiger partial charge in [-0.1, -0.05) is 17.7 Å². The van der Waals surface area contributed by atoms with Crippen LogP contribution in [-0.2, 0) is 0 Å². The van der Waals surface area contributed by atoms with Gasteiger partial charge in [0.1, 0.15) is 6.07 Å². The molecule has 0 spiro atoms. The fraction of sp³-hybridized carbons (Fsp3) is 0.0667. The molecule has 4 nitrogen and oxygen atoms in total. The topological polar surface area (TPSA) is 66.1 Å². The fourth-order valence-electron chi connectivity index (χ4n) is 1.68. The Morgan fingerprint density at radius 2 is 2.25 bits per heavy atom. The highest BCUT2D eigenvalue weighted by Crippen LogP contribution is 2.35. The molecule has 0 bridgehead atoms. The van der Waals surface area contributed by atoms with Gasteiger partial charge in [-0.05, 0) is 35.9 Å². The first kappa shape index (κ1) is 13.9. The van der Waals surface area contributed by atoms with Crippen LogP contribution in [0, 0.1) is 11.3 Å². The highest BCUT2D eigenvalue weighted by atomic mass is 35.5. The van der Waals surface area contributed by atoms with Crippen molar-refractivity contribution in [1.29, 1.82) is 5.26 Å². The Morgan fingerprint density at radius 1 is 1.45 bits per heavy atom. The van der Waals surface area contributed by atoms with E-state index < -0.39 is 0 Å².